The van der Waals surface area contributed by atoms with Crippen molar-refractivity contribution < 1.29 is 19.9 Å². The van der Waals surface area contributed by atoms with Gasteiger partial charge in [-0.2, -0.15) is 0 Å². The maximum absolute atomic E-state index is 10.5. The van der Waals surface area contributed by atoms with E-state index in [1.54, 1.807) is 0 Å². The molecule has 0 aliphatic rings. The van der Waals surface area contributed by atoms with Crippen LogP contribution in [0.5, 0.6) is 0 Å². The number of rotatable bonds is 5. The molecule has 0 aliphatic heterocycles. The SMILES string of the molecule is CCCC[C@@](N)(B(O)O)C(=O)O. The van der Waals surface area contributed by atoms with Gasteiger partial charge in [0.05, 0.1) is 0 Å². The molecule has 70 valence electrons. The van der Waals surface area contributed by atoms with Gasteiger partial charge in [0.2, 0.25) is 0 Å². The Morgan fingerprint density at radius 2 is 2.08 bits per heavy atom. The molecule has 0 amide bonds. The number of carboxylic acids is 1. The highest BCUT2D eigenvalue weighted by Crippen LogP contribution is 2.12. The van der Waals surface area contributed by atoms with Crippen LogP contribution in [0.4, 0.5) is 0 Å². The maximum atomic E-state index is 10.5. The van der Waals surface area contributed by atoms with Crippen LogP contribution >= 0.6 is 0 Å². The molecule has 12 heavy (non-hydrogen) atoms. The summed E-state index contributed by atoms with van der Waals surface area (Å²) in [5.74, 6) is -1.38. The van der Waals surface area contributed by atoms with Gasteiger partial charge >= 0.3 is 13.1 Å². The van der Waals surface area contributed by atoms with Crippen LogP contribution in [0.1, 0.15) is 26.2 Å². The van der Waals surface area contributed by atoms with Gasteiger partial charge < -0.3 is 20.9 Å². The first kappa shape index (κ1) is 11.4. The third-order valence-corrected chi connectivity index (χ3v) is 1.80. The van der Waals surface area contributed by atoms with Gasteiger partial charge in [-0.05, 0) is 6.42 Å². The molecular weight excluding hydrogens is 161 g/mol. The van der Waals surface area contributed by atoms with Crippen LogP contribution in [0.2, 0.25) is 0 Å². The van der Waals surface area contributed by atoms with Crippen molar-refractivity contribution in [3.05, 3.63) is 0 Å². The molecule has 0 fully saturated rings. The van der Waals surface area contributed by atoms with E-state index in [0.29, 0.717) is 6.42 Å². The fourth-order valence-electron chi connectivity index (χ4n) is 0.816. The summed E-state index contributed by atoms with van der Waals surface area (Å²) in [6.07, 6.45) is 1.38. The van der Waals surface area contributed by atoms with E-state index in [9.17, 15) is 4.79 Å². The van der Waals surface area contributed by atoms with Gasteiger partial charge in [-0.25, -0.2) is 0 Å². The lowest BCUT2D eigenvalue weighted by atomic mass is 9.63. The van der Waals surface area contributed by atoms with Crippen LogP contribution in [-0.2, 0) is 4.79 Å². The lowest BCUT2D eigenvalue weighted by Crippen LogP contribution is -2.60. The van der Waals surface area contributed by atoms with Crippen molar-refractivity contribution in [1.29, 1.82) is 0 Å². The van der Waals surface area contributed by atoms with Crippen LogP contribution < -0.4 is 5.73 Å². The Bertz CT molecular complexity index is 164. The smallest absolute Gasteiger partial charge is 0.480 e. The van der Waals surface area contributed by atoms with Gasteiger partial charge in [0.25, 0.3) is 0 Å². The van der Waals surface area contributed by atoms with E-state index in [4.69, 9.17) is 20.9 Å². The maximum Gasteiger partial charge on any atom is 0.484 e. The summed E-state index contributed by atoms with van der Waals surface area (Å²) in [4.78, 5) is 10.5. The molecule has 0 saturated carbocycles. The van der Waals surface area contributed by atoms with Crippen LogP contribution in [0, 0.1) is 0 Å². The average Bonchev–Trinajstić information content (AvgIpc) is 1.99. The van der Waals surface area contributed by atoms with E-state index < -0.39 is 18.5 Å². The standard InChI is InChI=1S/C6H14BNO4/c1-2-3-4-6(8,5(9)10)7(11)12/h11-12H,2-4,8H2,1H3,(H,9,10)/t6-/m0/s1. The van der Waals surface area contributed by atoms with Gasteiger partial charge in [0.15, 0.2) is 0 Å². The summed E-state index contributed by atoms with van der Waals surface area (Å²) >= 11 is 0. The van der Waals surface area contributed by atoms with E-state index in [0.717, 1.165) is 6.42 Å². The molecule has 0 aromatic carbocycles. The summed E-state index contributed by atoms with van der Waals surface area (Å²) in [6, 6.07) is 0. The lowest BCUT2D eigenvalue weighted by Gasteiger charge is -2.22. The largest absolute Gasteiger partial charge is 0.484 e. The summed E-state index contributed by atoms with van der Waals surface area (Å²) in [7, 11) is -2.01. The van der Waals surface area contributed by atoms with E-state index in [1.165, 1.54) is 0 Å². The van der Waals surface area contributed by atoms with Crippen molar-refractivity contribution in [3.63, 3.8) is 0 Å². The number of unbranched alkanes of at least 4 members (excludes halogenated alkanes) is 1. The topological polar surface area (TPSA) is 104 Å². The van der Waals surface area contributed by atoms with Crippen molar-refractivity contribution in [2.24, 2.45) is 5.73 Å². The summed E-state index contributed by atoms with van der Waals surface area (Å²) in [6.45, 7) is 1.87. The van der Waals surface area contributed by atoms with Crippen LogP contribution in [0.25, 0.3) is 0 Å². The van der Waals surface area contributed by atoms with Crippen molar-refractivity contribution in [3.8, 4) is 0 Å². The Kier molecular flexibility index (Phi) is 4.23. The summed E-state index contributed by atoms with van der Waals surface area (Å²) in [5.41, 5.74) is 3.35. The molecule has 6 heteroatoms. The Morgan fingerprint density at radius 1 is 1.58 bits per heavy atom. The molecule has 1 atom stereocenters. The van der Waals surface area contributed by atoms with E-state index in [2.05, 4.69) is 0 Å². The quantitative estimate of drug-likeness (QED) is 0.400. The molecule has 0 heterocycles. The van der Waals surface area contributed by atoms with Crippen LogP contribution in [-0.4, -0.2) is 33.7 Å². The Hall–Kier alpha value is -0.585. The Morgan fingerprint density at radius 3 is 2.33 bits per heavy atom. The Labute approximate surface area is 71.3 Å². The summed E-state index contributed by atoms with van der Waals surface area (Å²) in [5, 5.41) is 26.0. The molecular formula is C6H14BNO4. The minimum absolute atomic E-state index is 0.0660. The van der Waals surface area contributed by atoms with Crippen molar-refractivity contribution in [2.75, 3.05) is 0 Å². The first-order valence-corrected chi connectivity index (χ1v) is 3.83. The van der Waals surface area contributed by atoms with Crippen molar-refractivity contribution in [2.45, 2.75) is 31.6 Å². The number of nitrogens with two attached hydrogens (primary N) is 1. The number of hydrogen-bond donors (Lipinski definition) is 4. The summed E-state index contributed by atoms with van der Waals surface area (Å²) < 4.78 is 0. The zero-order valence-corrected chi connectivity index (χ0v) is 7.03. The minimum atomic E-state index is -2.01. The van der Waals surface area contributed by atoms with Gasteiger partial charge in [-0.15, -0.1) is 0 Å². The normalized spacial score (nSPS) is 15.3. The third kappa shape index (κ3) is 2.47. The molecule has 0 aromatic rings. The highest BCUT2D eigenvalue weighted by molar-refractivity contribution is 6.51. The molecule has 0 radical (unpaired) electrons. The van der Waals surface area contributed by atoms with Crippen molar-refractivity contribution >= 4 is 13.1 Å². The molecule has 0 spiro atoms. The van der Waals surface area contributed by atoms with Crippen LogP contribution in [0.3, 0.4) is 0 Å². The number of carboxylic acid groups (broad SMARTS) is 1. The fourth-order valence-corrected chi connectivity index (χ4v) is 0.816. The van der Waals surface area contributed by atoms with Gasteiger partial charge in [0.1, 0.15) is 5.44 Å². The number of aliphatic carboxylic acids is 1. The van der Waals surface area contributed by atoms with Crippen molar-refractivity contribution in [1.82, 2.24) is 0 Å². The van der Waals surface area contributed by atoms with Gasteiger partial charge in [0, 0.05) is 0 Å². The monoisotopic (exact) mass is 175 g/mol. The first-order chi connectivity index (χ1) is 5.45. The minimum Gasteiger partial charge on any atom is -0.480 e. The molecule has 0 saturated heterocycles. The molecule has 5 N–H and O–H groups in total. The molecule has 0 bridgehead atoms. The number of carbonyl (C=O) groups is 1. The van der Waals surface area contributed by atoms with Gasteiger partial charge in [-0.1, -0.05) is 19.8 Å². The zero-order valence-electron chi connectivity index (χ0n) is 7.03. The molecule has 5 nitrogen and oxygen atoms in total. The second-order valence-corrected chi connectivity index (χ2v) is 2.82. The predicted octanol–water partition coefficient (Wildman–Crippen LogP) is -1.03. The van der Waals surface area contributed by atoms with E-state index in [-0.39, 0.29) is 6.42 Å². The molecule has 0 aromatic heterocycles. The fraction of sp³-hybridized carbons (Fsp3) is 0.833. The highest BCUT2D eigenvalue weighted by Gasteiger charge is 2.45. The van der Waals surface area contributed by atoms with E-state index >= 15 is 0 Å². The second-order valence-electron chi connectivity index (χ2n) is 2.82. The third-order valence-electron chi connectivity index (χ3n) is 1.80. The molecule has 0 unspecified atom stereocenters. The average molecular weight is 175 g/mol. The van der Waals surface area contributed by atoms with Crippen LogP contribution in [0.15, 0.2) is 0 Å². The van der Waals surface area contributed by atoms with Gasteiger partial charge in [-0.3, -0.25) is 4.79 Å². The Balaban J connectivity index is 4.29. The lowest BCUT2D eigenvalue weighted by molar-refractivity contribution is -0.141. The predicted molar refractivity (Wildman–Crippen MR) is 44.3 cm³/mol. The van der Waals surface area contributed by atoms with E-state index in [1.807, 2.05) is 6.92 Å². The highest BCUT2D eigenvalue weighted by atomic mass is 16.4. The molecule has 0 rings (SSSR count). The second kappa shape index (κ2) is 4.44. The first-order valence-electron chi connectivity index (χ1n) is 3.83. The molecule has 0 aliphatic carbocycles. The zero-order chi connectivity index (χ0) is 9.78. The number of hydrogen-bond acceptors (Lipinski definition) is 4.